The molecule has 2 atom stereocenters. The number of aromatic nitrogens is 3. The summed E-state index contributed by atoms with van der Waals surface area (Å²) in [5, 5.41) is 6.60. The molecule has 2 fully saturated rings. The quantitative estimate of drug-likeness (QED) is 0.162. The first-order chi connectivity index (χ1) is 24.7. The van der Waals surface area contributed by atoms with E-state index < -0.39 is 34.8 Å². The fourth-order valence-electron chi connectivity index (χ4n) is 6.82. The van der Waals surface area contributed by atoms with Gasteiger partial charge >= 0.3 is 0 Å². The van der Waals surface area contributed by atoms with E-state index >= 15 is 0 Å². The Balaban J connectivity index is 0.929. The van der Waals surface area contributed by atoms with Crippen molar-refractivity contribution >= 4 is 23.0 Å². The SMILES string of the molecule is Cc1cc(N2CCN(c3ccc(C(=O)Nc4cc(F)ccc4F)cc3)CC2)ccc1OC[C@@H]1CO[C@@](Cn2cncn2)(c2ccc(F)cc2F)C1. The number of amides is 1. The van der Waals surface area contributed by atoms with Crippen molar-refractivity contribution in [3.05, 3.63) is 131 Å². The molecule has 0 saturated carbocycles. The van der Waals surface area contributed by atoms with Gasteiger partial charge in [0.15, 0.2) is 0 Å². The van der Waals surface area contributed by atoms with Gasteiger partial charge in [0, 0.05) is 66.7 Å². The van der Waals surface area contributed by atoms with Crippen molar-refractivity contribution in [2.45, 2.75) is 25.5 Å². The van der Waals surface area contributed by atoms with E-state index in [9.17, 15) is 22.4 Å². The number of carbonyl (C=O) groups is 1. The molecule has 264 valence electrons. The van der Waals surface area contributed by atoms with Crippen molar-refractivity contribution in [2.75, 3.05) is 54.5 Å². The zero-order valence-corrected chi connectivity index (χ0v) is 27.9. The maximum Gasteiger partial charge on any atom is 0.255 e. The first kappa shape index (κ1) is 34.0. The number of aryl methyl sites for hydroxylation is 1. The topological polar surface area (TPSA) is 84.8 Å². The van der Waals surface area contributed by atoms with Crippen LogP contribution in [0.15, 0.2) is 91.5 Å². The lowest BCUT2D eigenvalue weighted by Gasteiger charge is -2.37. The van der Waals surface area contributed by atoms with Gasteiger partial charge in [0.1, 0.15) is 47.3 Å². The molecule has 1 aromatic heterocycles. The summed E-state index contributed by atoms with van der Waals surface area (Å²) in [6, 6.07) is 19.6. The smallest absolute Gasteiger partial charge is 0.255 e. The number of anilines is 3. The van der Waals surface area contributed by atoms with Gasteiger partial charge in [-0.25, -0.2) is 27.2 Å². The van der Waals surface area contributed by atoms with E-state index in [0.29, 0.717) is 25.2 Å². The van der Waals surface area contributed by atoms with E-state index in [2.05, 4.69) is 31.3 Å². The lowest BCUT2D eigenvalue weighted by Crippen LogP contribution is -2.46. The van der Waals surface area contributed by atoms with Crippen molar-refractivity contribution in [2.24, 2.45) is 5.92 Å². The molecule has 4 aromatic carbocycles. The molecular weight excluding hydrogens is 664 g/mol. The molecule has 5 aromatic rings. The summed E-state index contributed by atoms with van der Waals surface area (Å²) in [6.45, 7) is 6.05. The van der Waals surface area contributed by atoms with Crippen LogP contribution in [0.5, 0.6) is 5.75 Å². The van der Waals surface area contributed by atoms with Crippen molar-refractivity contribution < 1.29 is 31.8 Å². The third-order valence-corrected chi connectivity index (χ3v) is 9.47. The van der Waals surface area contributed by atoms with Crippen LogP contribution in [0.3, 0.4) is 0 Å². The lowest BCUT2D eigenvalue weighted by atomic mass is 9.87. The Bertz CT molecular complexity index is 2000. The van der Waals surface area contributed by atoms with Crippen molar-refractivity contribution in [1.82, 2.24) is 14.8 Å². The fourth-order valence-corrected chi connectivity index (χ4v) is 6.82. The van der Waals surface area contributed by atoms with Gasteiger partial charge in [0.25, 0.3) is 5.91 Å². The molecule has 9 nitrogen and oxygen atoms in total. The Morgan fingerprint density at radius 3 is 2.29 bits per heavy atom. The molecule has 7 rings (SSSR count). The number of halogens is 4. The van der Waals surface area contributed by atoms with Crippen LogP contribution in [0.25, 0.3) is 0 Å². The third kappa shape index (κ3) is 7.53. The number of carbonyl (C=O) groups excluding carboxylic acids is 1. The summed E-state index contributed by atoms with van der Waals surface area (Å²) in [5.41, 5.74) is 2.41. The third-order valence-electron chi connectivity index (χ3n) is 9.47. The molecule has 13 heteroatoms. The number of hydrogen-bond acceptors (Lipinski definition) is 7. The highest BCUT2D eigenvalue weighted by molar-refractivity contribution is 6.04. The largest absolute Gasteiger partial charge is 0.493 e. The van der Waals surface area contributed by atoms with E-state index in [0.717, 1.165) is 73.1 Å². The van der Waals surface area contributed by atoms with Crippen LogP contribution in [0.2, 0.25) is 0 Å². The van der Waals surface area contributed by atoms with Gasteiger partial charge in [0.2, 0.25) is 0 Å². The molecule has 2 aliphatic rings. The summed E-state index contributed by atoms with van der Waals surface area (Å²) in [7, 11) is 0. The molecule has 2 aliphatic heterocycles. The molecule has 3 heterocycles. The Morgan fingerprint density at radius 2 is 1.59 bits per heavy atom. The summed E-state index contributed by atoms with van der Waals surface area (Å²) >= 11 is 0. The molecule has 2 saturated heterocycles. The monoisotopic (exact) mass is 700 g/mol. The number of nitrogens with zero attached hydrogens (tertiary/aromatic N) is 5. The van der Waals surface area contributed by atoms with Crippen molar-refractivity contribution in [3.8, 4) is 5.75 Å². The van der Waals surface area contributed by atoms with E-state index in [-0.39, 0.29) is 23.7 Å². The summed E-state index contributed by atoms with van der Waals surface area (Å²) < 4.78 is 70.3. The average Bonchev–Trinajstić information content (AvgIpc) is 3.80. The van der Waals surface area contributed by atoms with Crippen LogP contribution >= 0.6 is 0 Å². The zero-order valence-electron chi connectivity index (χ0n) is 27.9. The minimum atomic E-state index is -1.04. The second-order valence-corrected chi connectivity index (χ2v) is 13.0. The van der Waals surface area contributed by atoms with Gasteiger partial charge in [-0.1, -0.05) is 6.07 Å². The molecule has 0 radical (unpaired) electrons. The Hall–Kier alpha value is -5.43. The maximum absolute atomic E-state index is 15.0. The minimum Gasteiger partial charge on any atom is -0.493 e. The van der Waals surface area contributed by atoms with E-state index in [1.54, 1.807) is 23.1 Å². The first-order valence-corrected chi connectivity index (χ1v) is 16.7. The van der Waals surface area contributed by atoms with E-state index in [4.69, 9.17) is 9.47 Å². The summed E-state index contributed by atoms with van der Waals surface area (Å²) in [6.07, 6.45) is 3.41. The molecule has 0 unspecified atom stereocenters. The second-order valence-electron chi connectivity index (χ2n) is 13.0. The van der Waals surface area contributed by atoms with Crippen LogP contribution < -0.4 is 19.9 Å². The Kier molecular flexibility index (Phi) is 9.63. The molecule has 0 spiro atoms. The number of benzene rings is 4. The van der Waals surface area contributed by atoms with Gasteiger partial charge < -0.3 is 24.6 Å². The number of hydrogen-bond donors (Lipinski definition) is 1. The van der Waals surface area contributed by atoms with Crippen LogP contribution in [-0.2, 0) is 16.9 Å². The zero-order chi connectivity index (χ0) is 35.5. The fraction of sp³-hybridized carbons (Fsp3) is 0.289. The van der Waals surface area contributed by atoms with Crippen LogP contribution in [0.1, 0.15) is 27.9 Å². The second kappa shape index (κ2) is 14.4. The number of ether oxygens (including phenoxy) is 2. The number of nitrogens with one attached hydrogen (secondary N) is 1. The molecule has 0 aliphatic carbocycles. The molecule has 1 N–H and O–H groups in total. The van der Waals surface area contributed by atoms with E-state index in [1.807, 2.05) is 31.2 Å². The van der Waals surface area contributed by atoms with Gasteiger partial charge in [-0.2, -0.15) is 5.10 Å². The highest BCUT2D eigenvalue weighted by Crippen LogP contribution is 2.42. The molecule has 1 amide bonds. The lowest BCUT2D eigenvalue weighted by molar-refractivity contribution is -0.0206. The average molecular weight is 701 g/mol. The first-order valence-electron chi connectivity index (χ1n) is 16.7. The van der Waals surface area contributed by atoms with Gasteiger partial charge in [0.05, 0.1) is 25.4 Å². The molecular formula is C38H36F4N6O3. The number of piperazine rings is 1. The van der Waals surface area contributed by atoms with Gasteiger partial charge in [-0.3, -0.25) is 4.79 Å². The standard InChI is InChI=1S/C38H36F4N6O3/c1-25-16-31(47-14-12-46(13-15-47)30-6-2-27(3-7-30)37(49)45-35-18-29(40)5-10-33(35)41)8-11-36(25)50-20-26-19-38(51-21-26,22-48-24-43-23-44-48)32-9-4-28(39)17-34(32)42/h2-11,16-18,23-24,26H,12-15,19-22H2,1H3,(H,45,49)/t26-,38+/m1/s1. The number of rotatable bonds is 10. The summed E-state index contributed by atoms with van der Waals surface area (Å²) in [5.74, 6) is -2.46. The minimum absolute atomic E-state index is 0.0370. The van der Waals surface area contributed by atoms with Crippen molar-refractivity contribution in [3.63, 3.8) is 0 Å². The van der Waals surface area contributed by atoms with Crippen molar-refractivity contribution in [1.29, 1.82) is 0 Å². The van der Waals surface area contributed by atoms with Gasteiger partial charge in [-0.05, 0) is 79.6 Å². The van der Waals surface area contributed by atoms with Crippen LogP contribution in [-0.4, -0.2) is 60.1 Å². The molecule has 51 heavy (non-hydrogen) atoms. The highest BCUT2D eigenvalue weighted by atomic mass is 19.1. The van der Waals surface area contributed by atoms with E-state index in [1.165, 1.54) is 18.5 Å². The summed E-state index contributed by atoms with van der Waals surface area (Å²) in [4.78, 5) is 21.2. The highest BCUT2D eigenvalue weighted by Gasteiger charge is 2.44. The predicted molar refractivity (Wildman–Crippen MR) is 184 cm³/mol. The van der Waals surface area contributed by atoms with Crippen LogP contribution in [0.4, 0.5) is 34.6 Å². The van der Waals surface area contributed by atoms with Gasteiger partial charge in [-0.15, -0.1) is 0 Å². The Morgan fingerprint density at radius 1 is 0.882 bits per heavy atom. The normalized spacial score (nSPS) is 19.0. The van der Waals surface area contributed by atoms with Crippen LogP contribution in [0, 0.1) is 36.1 Å². The molecule has 0 bridgehead atoms. The maximum atomic E-state index is 15.0. The Labute approximate surface area is 292 Å². The predicted octanol–water partition coefficient (Wildman–Crippen LogP) is 6.73.